The Bertz CT molecular complexity index is 301. The first-order chi connectivity index (χ1) is 7.49. The van der Waals surface area contributed by atoms with E-state index in [4.69, 9.17) is 0 Å². The molecule has 0 radical (unpaired) electrons. The lowest BCUT2D eigenvalue weighted by Crippen LogP contribution is -2.43. The lowest BCUT2D eigenvalue weighted by molar-refractivity contribution is 0.190. The summed E-state index contributed by atoms with van der Waals surface area (Å²) >= 11 is 0. The molecule has 16 heavy (non-hydrogen) atoms. The second kappa shape index (κ2) is 5.90. The van der Waals surface area contributed by atoms with Gasteiger partial charge in [0, 0.05) is 31.9 Å². The Morgan fingerprint density at radius 3 is 2.00 bits per heavy atom. The van der Waals surface area contributed by atoms with Crippen LogP contribution >= 0.6 is 0 Å². The monoisotopic (exact) mass is 220 g/mol. The van der Waals surface area contributed by atoms with Gasteiger partial charge in [0.25, 0.3) is 0 Å². The normalized spacial score (nSPS) is 18.5. The van der Waals surface area contributed by atoms with Crippen molar-refractivity contribution in [3.63, 3.8) is 0 Å². The van der Waals surface area contributed by atoms with Gasteiger partial charge in [0.2, 0.25) is 0 Å². The average molecular weight is 220 g/mol. The summed E-state index contributed by atoms with van der Waals surface area (Å²) in [5.41, 5.74) is 3.76. The van der Waals surface area contributed by atoms with Crippen LogP contribution in [0.4, 0.5) is 0 Å². The zero-order chi connectivity index (χ0) is 12.1. The van der Waals surface area contributed by atoms with Crippen molar-refractivity contribution in [1.82, 2.24) is 9.80 Å². The maximum absolute atomic E-state index is 3.97. The third-order valence-electron chi connectivity index (χ3n) is 2.70. The van der Waals surface area contributed by atoms with Crippen molar-refractivity contribution in [2.75, 3.05) is 33.2 Å². The molecule has 0 saturated carbocycles. The predicted octanol–water partition coefficient (Wildman–Crippen LogP) is 2.66. The number of nitrogens with zero attached hydrogens (tertiary/aromatic N) is 2. The molecule has 2 heteroatoms. The topological polar surface area (TPSA) is 6.48 Å². The number of allylic oxidation sites excluding steroid dienone is 4. The standard InChI is InChI=1S/C14H24N2/c1-12(2)10-14(11-13(3)4)16-8-6-15(5)7-9-16/h10-11H,1,6-9H2,2-5H3/b14-10+. The van der Waals surface area contributed by atoms with Crippen molar-refractivity contribution in [3.05, 3.63) is 35.6 Å². The number of hydrogen-bond donors (Lipinski definition) is 0. The third kappa shape index (κ3) is 4.23. The minimum Gasteiger partial charge on any atom is -0.369 e. The SMILES string of the molecule is C=C(C)/C=C(\C=C(C)C)N1CCN(C)CC1. The molecule has 1 aliphatic heterocycles. The Balaban J connectivity index is 2.77. The highest BCUT2D eigenvalue weighted by atomic mass is 15.2. The van der Waals surface area contributed by atoms with Crippen molar-refractivity contribution in [2.24, 2.45) is 0 Å². The lowest BCUT2D eigenvalue weighted by atomic mass is 10.1. The van der Waals surface area contributed by atoms with E-state index in [1.807, 2.05) is 0 Å². The fourth-order valence-electron chi connectivity index (χ4n) is 1.84. The maximum Gasteiger partial charge on any atom is 0.0368 e. The van der Waals surface area contributed by atoms with Crippen molar-refractivity contribution < 1.29 is 0 Å². The maximum atomic E-state index is 3.97. The van der Waals surface area contributed by atoms with Crippen molar-refractivity contribution in [3.8, 4) is 0 Å². The fraction of sp³-hybridized carbons (Fsp3) is 0.571. The summed E-state index contributed by atoms with van der Waals surface area (Å²) in [6.07, 6.45) is 4.43. The Hall–Kier alpha value is -1.02. The van der Waals surface area contributed by atoms with Gasteiger partial charge in [-0.25, -0.2) is 0 Å². The Labute approximate surface area is 99.9 Å². The molecule has 2 nitrogen and oxygen atoms in total. The molecule has 0 aliphatic carbocycles. The Morgan fingerprint density at radius 2 is 1.56 bits per heavy atom. The van der Waals surface area contributed by atoms with Crippen molar-refractivity contribution in [2.45, 2.75) is 20.8 Å². The first kappa shape index (κ1) is 13.0. The van der Waals surface area contributed by atoms with Gasteiger partial charge < -0.3 is 9.80 Å². The van der Waals surface area contributed by atoms with Gasteiger partial charge in [-0.05, 0) is 40.0 Å². The second-order valence-electron chi connectivity index (χ2n) is 4.93. The Morgan fingerprint density at radius 1 is 1.00 bits per heavy atom. The first-order valence-electron chi connectivity index (χ1n) is 5.94. The summed E-state index contributed by atoms with van der Waals surface area (Å²) in [5, 5.41) is 0. The van der Waals surface area contributed by atoms with Gasteiger partial charge in [0.05, 0.1) is 0 Å². The second-order valence-corrected chi connectivity index (χ2v) is 4.93. The van der Waals surface area contributed by atoms with Crippen LogP contribution < -0.4 is 0 Å². The van der Waals surface area contributed by atoms with E-state index in [1.54, 1.807) is 0 Å². The summed E-state index contributed by atoms with van der Waals surface area (Å²) in [7, 11) is 2.18. The molecule has 0 bridgehead atoms. The van der Waals surface area contributed by atoms with Crippen LogP contribution in [0.1, 0.15) is 20.8 Å². The molecule has 1 rings (SSSR count). The quantitative estimate of drug-likeness (QED) is 0.675. The molecule has 1 heterocycles. The van der Waals surface area contributed by atoms with Crippen molar-refractivity contribution >= 4 is 0 Å². The van der Waals surface area contributed by atoms with E-state index in [2.05, 4.69) is 56.3 Å². The van der Waals surface area contributed by atoms with E-state index in [1.165, 1.54) is 11.3 Å². The molecule has 1 aliphatic rings. The molecular weight excluding hydrogens is 196 g/mol. The van der Waals surface area contributed by atoms with Crippen LogP contribution in [0.15, 0.2) is 35.6 Å². The zero-order valence-corrected chi connectivity index (χ0v) is 11.1. The van der Waals surface area contributed by atoms with Crippen LogP contribution in [0.3, 0.4) is 0 Å². The zero-order valence-electron chi connectivity index (χ0n) is 11.1. The van der Waals surface area contributed by atoms with Gasteiger partial charge in [-0.3, -0.25) is 0 Å². The van der Waals surface area contributed by atoms with Crippen molar-refractivity contribution in [1.29, 1.82) is 0 Å². The fourth-order valence-corrected chi connectivity index (χ4v) is 1.84. The van der Waals surface area contributed by atoms with Crippen LogP contribution in [0.2, 0.25) is 0 Å². The van der Waals surface area contributed by atoms with Gasteiger partial charge in [0.1, 0.15) is 0 Å². The van der Waals surface area contributed by atoms with E-state index in [9.17, 15) is 0 Å². The molecule has 1 saturated heterocycles. The van der Waals surface area contributed by atoms with Gasteiger partial charge >= 0.3 is 0 Å². The number of piperazine rings is 1. The van der Waals surface area contributed by atoms with E-state index >= 15 is 0 Å². The largest absolute Gasteiger partial charge is 0.369 e. The van der Waals surface area contributed by atoms with Crippen LogP contribution in [-0.4, -0.2) is 43.0 Å². The minimum atomic E-state index is 1.11. The molecule has 0 aromatic carbocycles. The first-order valence-corrected chi connectivity index (χ1v) is 5.94. The summed E-state index contributed by atoms with van der Waals surface area (Å²) in [4.78, 5) is 4.82. The third-order valence-corrected chi connectivity index (χ3v) is 2.70. The van der Waals surface area contributed by atoms with Gasteiger partial charge in [-0.1, -0.05) is 17.7 Å². The average Bonchev–Trinajstić information content (AvgIpc) is 2.16. The predicted molar refractivity (Wildman–Crippen MR) is 71.4 cm³/mol. The highest BCUT2D eigenvalue weighted by Crippen LogP contribution is 2.14. The van der Waals surface area contributed by atoms with Crippen LogP contribution in [0, 0.1) is 0 Å². The number of rotatable bonds is 3. The van der Waals surface area contributed by atoms with Crippen LogP contribution in [-0.2, 0) is 0 Å². The molecule has 0 amide bonds. The number of likely N-dealkylation sites (N-methyl/N-ethyl adjacent to an activating group) is 1. The van der Waals surface area contributed by atoms with Gasteiger partial charge in [-0.15, -0.1) is 0 Å². The summed E-state index contributed by atoms with van der Waals surface area (Å²) in [5.74, 6) is 0. The Kier molecular flexibility index (Phi) is 4.81. The summed E-state index contributed by atoms with van der Waals surface area (Å²) in [6, 6.07) is 0. The molecule has 0 aromatic heterocycles. The molecule has 0 N–H and O–H groups in total. The van der Waals surface area contributed by atoms with Gasteiger partial charge in [-0.2, -0.15) is 0 Å². The molecule has 0 aromatic rings. The van der Waals surface area contributed by atoms with E-state index < -0.39 is 0 Å². The minimum absolute atomic E-state index is 1.11. The summed E-state index contributed by atoms with van der Waals surface area (Å²) < 4.78 is 0. The van der Waals surface area contributed by atoms with Gasteiger partial charge in [0.15, 0.2) is 0 Å². The molecule has 0 spiro atoms. The molecule has 1 fully saturated rings. The molecule has 90 valence electrons. The van der Waals surface area contributed by atoms with Crippen LogP contribution in [0.5, 0.6) is 0 Å². The van der Waals surface area contributed by atoms with E-state index in [0.717, 1.165) is 31.8 Å². The highest BCUT2D eigenvalue weighted by Gasteiger charge is 2.14. The lowest BCUT2D eigenvalue weighted by Gasteiger charge is -2.35. The molecular formula is C14H24N2. The summed E-state index contributed by atoms with van der Waals surface area (Å²) in [6.45, 7) is 14.8. The number of hydrogen-bond acceptors (Lipinski definition) is 2. The highest BCUT2D eigenvalue weighted by molar-refractivity contribution is 5.28. The van der Waals surface area contributed by atoms with Crippen LogP contribution in [0.25, 0.3) is 0 Å². The molecule has 0 atom stereocenters. The van der Waals surface area contributed by atoms with E-state index in [-0.39, 0.29) is 0 Å². The van der Waals surface area contributed by atoms with E-state index in [0.29, 0.717) is 0 Å². The molecule has 0 unspecified atom stereocenters. The smallest absolute Gasteiger partial charge is 0.0368 e.